The highest BCUT2D eigenvalue weighted by Crippen LogP contribution is 2.29. The Labute approximate surface area is 167 Å². The molecule has 2 aromatic carbocycles. The Morgan fingerprint density at radius 1 is 1.00 bits per heavy atom. The van der Waals surface area contributed by atoms with Crippen LogP contribution >= 0.6 is 0 Å². The lowest BCUT2D eigenvalue weighted by Crippen LogP contribution is -2.28. The molecule has 0 saturated heterocycles. The van der Waals surface area contributed by atoms with Gasteiger partial charge >= 0.3 is 6.18 Å². The van der Waals surface area contributed by atoms with Gasteiger partial charge < -0.3 is 0 Å². The fourth-order valence-electron chi connectivity index (χ4n) is 2.61. The van der Waals surface area contributed by atoms with Crippen LogP contribution in [0.2, 0.25) is 0 Å². The van der Waals surface area contributed by atoms with Gasteiger partial charge in [0.1, 0.15) is 0 Å². The van der Waals surface area contributed by atoms with Crippen LogP contribution in [-0.2, 0) is 32.8 Å². The lowest BCUT2D eigenvalue weighted by molar-refractivity contribution is -0.137. The molecule has 29 heavy (non-hydrogen) atoms. The van der Waals surface area contributed by atoms with E-state index in [1.165, 1.54) is 37.4 Å². The van der Waals surface area contributed by atoms with Crippen LogP contribution in [0.15, 0.2) is 58.3 Å². The number of nitrogens with zero attached hydrogens (tertiary/aromatic N) is 1. The summed E-state index contributed by atoms with van der Waals surface area (Å²) in [6.07, 6.45) is -2.99. The summed E-state index contributed by atoms with van der Waals surface area (Å²) in [5.74, 6) is 0. The van der Waals surface area contributed by atoms with Gasteiger partial charge in [-0.15, -0.1) is 0 Å². The maximum Gasteiger partial charge on any atom is 0.416 e. The van der Waals surface area contributed by atoms with Crippen molar-refractivity contribution in [3.05, 3.63) is 59.7 Å². The second-order valence-electron chi connectivity index (χ2n) is 6.83. The third-order valence-corrected chi connectivity index (χ3v) is 7.73. The summed E-state index contributed by atoms with van der Waals surface area (Å²) in [5.41, 5.74) is -0.462. The predicted molar refractivity (Wildman–Crippen MR) is 99.9 cm³/mol. The highest BCUT2D eigenvalue weighted by Gasteiger charge is 2.31. The standard InChI is InChI=1S/C18H19F3N2O4S2/c1-23(12-13-5-7-14(8-6-13)18(19,20)21)29(26,27)17-4-2-3-16(11-17)28(24,25)22-15-9-10-15/h2-8,11,15,22H,9-10,12H2,1H3. The molecule has 3 rings (SSSR count). The van der Waals surface area contributed by atoms with Gasteiger partial charge in [0.05, 0.1) is 15.4 Å². The van der Waals surface area contributed by atoms with E-state index in [0.717, 1.165) is 35.3 Å². The second-order valence-corrected chi connectivity index (χ2v) is 10.6. The van der Waals surface area contributed by atoms with Crippen LogP contribution in [0.25, 0.3) is 0 Å². The van der Waals surface area contributed by atoms with E-state index >= 15 is 0 Å². The van der Waals surface area contributed by atoms with E-state index in [9.17, 15) is 30.0 Å². The molecule has 1 fully saturated rings. The van der Waals surface area contributed by atoms with Gasteiger partial charge in [-0.1, -0.05) is 18.2 Å². The van der Waals surface area contributed by atoms with Gasteiger partial charge in [-0.3, -0.25) is 0 Å². The molecule has 0 aromatic heterocycles. The first kappa shape index (κ1) is 21.8. The molecular weight excluding hydrogens is 429 g/mol. The first-order valence-electron chi connectivity index (χ1n) is 8.64. The Morgan fingerprint density at radius 3 is 2.14 bits per heavy atom. The molecule has 2 aromatic rings. The zero-order chi connectivity index (χ0) is 21.4. The fraction of sp³-hybridized carbons (Fsp3) is 0.333. The molecule has 0 atom stereocenters. The molecule has 1 aliphatic rings. The van der Waals surface area contributed by atoms with Crippen molar-refractivity contribution < 1.29 is 30.0 Å². The molecule has 0 aliphatic heterocycles. The van der Waals surface area contributed by atoms with Crippen LogP contribution < -0.4 is 4.72 Å². The van der Waals surface area contributed by atoms with Crippen molar-refractivity contribution in [1.82, 2.24) is 9.03 Å². The van der Waals surface area contributed by atoms with Crippen LogP contribution in [0.4, 0.5) is 13.2 Å². The number of hydrogen-bond acceptors (Lipinski definition) is 4. The average Bonchev–Trinajstić information content (AvgIpc) is 3.45. The molecule has 1 saturated carbocycles. The quantitative estimate of drug-likeness (QED) is 0.706. The molecule has 1 N–H and O–H groups in total. The van der Waals surface area contributed by atoms with E-state index in [0.29, 0.717) is 5.56 Å². The molecule has 0 heterocycles. The van der Waals surface area contributed by atoms with Crippen LogP contribution in [0.1, 0.15) is 24.0 Å². The van der Waals surface area contributed by atoms with Gasteiger partial charge in [0.15, 0.2) is 0 Å². The number of sulfonamides is 2. The van der Waals surface area contributed by atoms with Crippen molar-refractivity contribution in [1.29, 1.82) is 0 Å². The fourth-order valence-corrected chi connectivity index (χ4v) is 5.24. The maximum atomic E-state index is 12.8. The average molecular weight is 448 g/mol. The molecule has 1 aliphatic carbocycles. The summed E-state index contributed by atoms with van der Waals surface area (Å²) in [7, 11) is -6.60. The monoisotopic (exact) mass is 448 g/mol. The number of benzene rings is 2. The summed E-state index contributed by atoms with van der Waals surface area (Å²) in [5, 5.41) is 0. The van der Waals surface area contributed by atoms with Crippen LogP contribution in [0.3, 0.4) is 0 Å². The van der Waals surface area contributed by atoms with Gasteiger partial charge in [0.2, 0.25) is 20.0 Å². The van der Waals surface area contributed by atoms with E-state index in [2.05, 4.69) is 4.72 Å². The molecule has 158 valence electrons. The van der Waals surface area contributed by atoms with Gasteiger partial charge in [0.25, 0.3) is 0 Å². The van der Waals surface area contributed by atoms with Crippen molar-refractivity contribution >= 4 is 20.0 Å². The largest absolute Gasteiger partial charge is 0.416 e. The minimum atomic E-state index is -4.48. The highest BCUT2D eigenvalue weighted by molar-refractivity contribution is 7.90. The number of halogens is 3. The van der Waals surface area contributed by atoms with Crippen molar-refractivity contribution in [2.75, 3.05) is 7.05 Å². The summed E-state index contributed by atoms with van der Waals surface area (Å²) in [6.45, 7) is -0.169. The van der Waals surface area contributed by atoms with Gasteiger partial charge in [-0.05, 0) is 48.7 Å². The predicted octanol–water partition coefficient (Wildman–Crippen LogP) is 2.97. The van der Waals surface area contributed by atoms with Crippen LogP contribution in [-0.4, -0.2) is 34.2 Å². The number of alkyl halides is 3. The van der Waals surface area contributed by atoms with Crippen LogP contribution in [0.5, 0.6) is 0 Å². The van der Waals surface area contributed by atoms with E-state index in [-0.39, 0.29) is 22.4 Å². The SMILES string of the molecule is CN(Cc1ccc(C(F)(F)F)cc1)S(=O)(=O)c1cccc(S(=O)(=O)NC2CC2)c1. The van der Waals surface area contributed by atoms with E-state index in [4.69, 9.17) is 0 Å². The molecule has 6 nitrogen and oxygen atoms in total. The van der Waals surface area contributed by atoms with E-state index < -0.39 is 31.8 Å². The van der Waals surface area contributed by atoms with Crippen LogP contribution in [0, 0.1) is 0 Å². The normalized spacial score (nSPS) is 15.6. The Kier molecular flexibility index (Phi) is 5.78. The molecule has 0 amide bonds. The molecule has 11 heteroatoms. The summed E-state index contributed by atoms with van der Waals surface area (Å²) >= 11 is 0. The third kappa shape index (κ3) is 5.16. The Morgan fingerprint density at radius 2 is 1.59 bits per heavy atom. The van der Waals surface area contributed by atoms with E-state index in [1.807, 2.05) is 0 Å². The first-order valence-corrected chi connectivity index (χ1v) is 11.6. The second kappa shape index (κ2) is 7.71. The van der Waals surface area contributed by atoms with Crippen molar-refractivity contribution in [2.24, 2.45) is 0 Å². The molecule has 0 bridgehead atoms. The minimum absolute atomic E-state index is 0.123. The summed E-state index contributed by atoms with van der Waals surface area (Å²) in [6, 6.07) is 9.03. The number of nitrogens with one attached hydrogen (secondary N) is 1. The highest BCUT2D eigenvalue weighted by atomic mass is 32.2. The van der Waals surface area contributed by atoms with E-state index in [1.54, 1.807) is 0 Å². The Balaban J connectivity index is 1.80. The maximum absolute atomic E-state index is 12.8. The van der Waals surface area contributed by atoms with Gasteiger partial charge in [-0.2, -0.15) is 17.5 Å². The third-order valence-electron chi connectivity index (χ3n) is 4.41. The molecule has 0 radical (unpaired) electrons. The smallest absolute Gasteiger partial charge is 0.208 e. The molecule has 0 unspecified atom stereocenters. The van der Waals surface area contributed by atoms with Crippen molar-refractivity contribution in [3.63, 3.8) is 0 Å². The summed E-state index contributed by atoms with van der Waals surface area (Å²) < 4.78 is 91.6. The molecular formula is C18H19F3N2O4S2. The van der Waals surface area contributed by atoms with Gasteiger partial charge in [0, 0.05) is 19.6 Å². The Bertz CT molecular complexity index is 1090. The minimum Gasteiger partial charge on any atom is -0.208 e. The number of hydrogen-bond donors (Lipinski definition) is 1. The summed E-state index contributed by atoms with van der Waals surface area (Å²) in [4.78, 5) is -0.376. The van der Waals surface area contributed by atoms with Gasteiger partial charge in [-0.25, -0.2) is 21.6 Å². The lowest BCUT2D eigenvalue weighted by atomic mass is 10.1. The first-order chi connectivity index (χ1) is 13.4. The zero-order valence-electron chi connectivity index (χ0n) is 15.3. The topological polar surface area (TPSA) is 83.6 Å². The van der Waals surface area contributed by atoms with Crippen molar-refractivity contribution in [2.45, 2.75) is 41.4 Å². The molecule has 0 spiro atoms. The zero-order valence-corrected chi connectivity index (χ0v) is 17.0. The number of rotatable bonds is 7. The Hall–Kier alpha value is -1.95. The lowest BCUT2D eigenvalue weighted by Gasteiger charge is -2.18. The van der Waals surface area contributed by atoms with Crippen molar-refractivity contribution in [3.8, 4) is 0 Å².